The zero-order valence-corrected chi connectivity index (χ0v) is 29.7. The van der Waals surface area contributed by atoms with Crippen molar-refractivity contribution in [1.82, 2.24) is 0 Å². The van der Waals surface area contributed by atoms with Gasteiger partial charge in [-0.15, -0.1) is 11.3 Å². The Bertz CT molecular complexity index is 3060. The highest BCUT2D eigenvalue weighted by Crippen LogP contribution is 2.53. The van der Waals surface area contributed by atoms with Crippen LogP contribution in [0.2, 0.25) is 0 Å². The molecule has 0 aliphatic heterocycles. The number of thiophene rings is 1. The van der Waals surface area contributed by atoms with E-state index in [-0.39, 0.29) is 5.41 Å². The summed E-state index contributed by atoms with van der Waals surface area (Å²) in [5, 5.41) is 7.35. The van der Waals surface area contributed by atoms with Crippen LogP contribution >= 0.6 is 11.3 Å². The summed E-state index contributed by atoms with van der Waals surface area (Å²) < 4.78 is 9.11. The first-order valence-corrected chi connectivity index (χ1v) is 18.7. The fourth-order valence-corrected chi connectivity index (χ4v) is 10.1. The molecule has 0 bridgehead atoms. The van der Waals surface area contributed by atoms with Gasteiger partial charge in [-0.3, -0.25) is 0 Å². The maximum absolute atomic E-state index is 6.51. The fourth-order valence-electron chi connectivity index (χ4n) is 8.73. The largest absolute Gasteiger partial charge is 0.456 e. The Kier molecular flexibility index (Phi) is 6.21. The van der Waals surface area contributed by atoms with Gasteiger partial charge in [0.05, 0.1) is 5.69 Å². The van der Waals surface area contributed by atoms with Crippen LogP contribution in [0.1, 0.15) is 25.0 Å². The maximum Gasteiger partial charge on any atom is 0.137 e. The van der Waals surface area contributed by atoms with E-state index in [4.69, 9.17) is 4.42 Å². The topological polar surface area (TPSA) is 16.4 Å². The zero-order valence-electron chi connectivity index (χ0n) is 28.9. The number of benzene rings is 8. The van der Waals surface area contributed by atoms with E-state index in [2.05, 4.69) is 176 Å². The standard InChI is InChI=1S/C49H33NOS/c1-49(2)41-18-10-8-16-36(41)37-24-21-32(28-42(37)49)50(33-22-25-39-38-17-9-11-19-44(38)51-45(39)29-33)43-27-26-35(30-12-4-3-5-13-30)48-46(43)40-23-20-31-14-6-7-15-34(31)47(40)52-48/h3-29H,1-2H3. The first kappa shape index (κ1) is 29.6. The highest BCUT2D eigenvalue weighted by molar-refractivity contribution is 7.27. The molecule has 0 saturated heterocycles. The van der Waals surface area contributed by atoms with E-state index >= 15 is 0 Å². The van der Waals surface area contributed by atoms with Gasteiger partial charge < -0.3 is 9.32 Å². The average molecular weight is 684 g/mol. The van der Waals surface area contributed by atoms with Crippen LogP contribution in [-0.2, 0) is 5.41 Å². The number of fused-ring (bicyclic) bond motifs is 11. The predicted molar refractivity (Wildman–Crippen MR) is 222 cm³/mol. The molecule has 0 fully saturated rings. The fraction of sp³-hybridized carbons (Fsp3) is 0.0612. The van der Waals surface area contributed by atoms with Gasteiger partial charge in [-0.05, 0) is 80.6 Å². The number of hydrogen-bond donors (Lipinski definition) is 0. The van der Waals surface area contributed by atoms with E-state index in [1.54, 1.807) is 0 Å². The second-order valence-electron chi connectivity index (χ2n) is 14.5. The number of hydrogen-bond acceptors (Lipinski definition) is 3. The van der Waals surface area contributed by atoms with Crippen LogP contribution in [-0.4, -0.2) is 0 Å². The molecule has 1 aliphatic rings. The van der Waals surface area contributed by atoms with Crippen LogP contribution in [0.3, 0.4) is 0 Å². The van der Waals surface area contributed by atoms with Gasteiger partial charge in [0.25, 0.3) is 0 Å². The Morgan fingerprint density at radius 2 is 1.15 bits per heavy atom. The number of anilines is 3. The third kappa shape index (κ3) is 4.17. The monoisotopic (exact) mass is 683 g/mol. The van der Waals surface area contributed by atoms with E-state index in [1.165, 1.54) is 64.3 Å². The molecule has 2 heterocycles. The third-order valence-electron chi connectivity index (χ3n) is 11.3. The molecule has 2 nitrogen and oxygen atoms in total. The summed E-state index contributed by atoms with van der Waals surface area (Å²) in [6.07, 6.45) is 0. The van der Waals surface area contributed by atoms with Gasteiger partial charge >= 0.3 is 0 Å². The van der Waals surface area contributed by atoms with Crippen LogP contribution < -0.4 is 4.90 Å². The highest BCUT2D eigenvalue weighted by atomic mass is 32.1. The minimum atomic E-state index is -0.128. The number of nitrogens with zero attached hydrogens (tertiary/aromatic N) is 1. The molecule has 246 valence electrons. The molecule has 0 amide bonds. The minimum Gasteiger partial charge on any atom is -0.456 e. The van der Waals surface area contributed by atoms with Gasteiger partial charge in [0.1, 0.15) is 11.2 Å². The average Bonchev–Trinajstić information content (AvgIpc) is 3.84. The Hall–Kier alpha value is -6.16. The molecule has 0 N–H and O–H groups in total. The van der Waals surface area contributed by atoms with Crippen molar-refractivity contribution in [2.24, 2.45) is 0 Å². The summed E-state index contributed by atoms with van der Waals surface area (Å²) in [4.78, 5) is 2.46. The molecule has 11 rings (SSSR count). The molecule has 0 saturated carbocycles. The van der Waals surface area contributed by atoms with Crippen LogP contribution in [0.5, 0.6) is 0 Å². The molecule has 0 unspecified atom stereocenters. The van der Waals surface area contributed by atoms with Crippen molar-refractivity contribution in [3.8, 4) is 22.3 Å². The molecule has 0 radical (unpaired) electrons. The molecule has 52 heavy (non-hydrogen) atoms. The Labute approximate surface area is 305 Å². The van der Waals surface area contributed by atoms with E-state index < -0.39 is 0 Å². The van der Waals surface area contributed by atoms with Gasteiger partial charge in [-0.1, -0.05) is 135 Å². The summed E-state index contributed by atoms with van der Waals surface area (Å²) in [5.74, 6) is 0. The first-order chi connectivity index (χ1) is 25.5. The maximum atomic E-state index is 6.51. The molecule has 0 spiro atoms. The SMILES string of the molecule is CC1(C)c2ccccc2-c2ccc(N(c3ccc4c(c3)oc3ccccc34)c3ccc(-c4ccccc4)c4sc5c6ccccc6ccc5c34)cc21. The van der Waals surface area contributed by atoms with Gasteiger partial charge in [0.15, 0.2) is 0 Å². The van der Waals surface area contributed by atoms with E-state index in [9.17, 15) is 0 Å². The smallest absolute Gasteiger partial charge is 0.137 e. The number of furan rings is 1. The van der Waals surface area contributed by atoms with Crippen LogP contribution in [0.25, 0.3) is 75.1 Å². The van der Waals surface area contributed by atoms with Crippen molar-refractivity contribution in [3.63, 3.8) is 0 Å². The zero-order chi connectivity index (χ0) is 34.6. The Morgan fingerprint density at radius 1 is 0.481 bits per heavy atom. The lowest BCUT2D eigenvalue weighted by Crippen LogP contribution is -2.16. The predicted octanol–water partition coefficient (Wildman–Crippen LogP) is 14.6. The molecule has 2 aromatic heterocycles. The molecule has 3 heteroatoms. The number of rotatable bonds is 4. The summed E-state index contributed by atoms with van der Waals surface area (Å²) in [5.41, 5.74) is 12.9. The van der Waals surface area contributed by atoms with Gasteiger partial charge in [-0.25, -0.2) is 0 Å². The van der Waals surface area contributed by atoms with Crippen molar-refractivity contribution in [2.45, 2.75) is 19.3 Å². The van der Waals surface area contributed by atoms with Crippen molar-refractivity contribution < 1.29 is 4.42 Å². The van der Waals surface area contributed by atoms with Crippen LogP contribution in [0, 0.1) is 0 Å². The van der Waals surface area contributed by atoms with Crippen molar-refractivity contribution in [2.75, 3.05) is 4.90 Å². The van der Waals surface area contributed by atoms with E-state index in [0.29, 0.717) is 0 Å². The normalized spacial score (nSPS) is 13.3. The molecule has 8 aromatic carbocycles. The van der Waals surface area contributed by atoms with E-state index in [0.717, 1.165) is 39.0 Å². The Balaban J connectivity index is 1.23. The highest BCUT2D eigenvalue weighted by Gasteiger charge is 2.36. The van der Waals surface area contributed by atoms with E-state index in [1.807, 2.05) is 17.4 Å². The van der Waals surface area contributed by atoms with Crippen LogP contribution in [0.15, 0.2) is 168 Å². The molecular formula is C49H33NOS. The second kappa shape index (κ2) is 10.9. The van der Waals surface area contributed by atoms with Gasteiger partial charge in [0, 0.05) is 53.8 Å². The van der Waals surface area contributed by atoms with Crippen molar-refractivity contribution in [1.29, 1.82) is 0 Å². The Morgan fingerprint density at radius 3 is 2.06 bits per heavy atom. The van der Waals surface area contributed by atoms with Gasteiger partial charge in [-0.2, -0.15) is 0 Å². The lowest BCUT2D eigenvalue weighted by Gasteiger charge is -2.29. The molecule has 10 aromatic rings. The van der Waals surface area contributed by atoms with Crippen molar-refractivity contribution in [3.05, 3.63) is 175 Å². The van der Waals surface area contributed by atoms with Crippen LogP contribution in [0.4, 0.5) is 17.1 Å². The third-order valence-corrected chi connectivity index (χ3v) is 12.5. The summed E-state index contributed by atoms with van der Waals surface area (Å²) in [6.45, 7) is 4.72. The van der Waals surface area contributed by atoms with Gasteiger partial charge in [0.2, 0.25) is 0 Å². The first-order valence-electron chi connectivity index (χ1n) is 17.9. The summed E-state index contributed by atoms with van der Waals surface area (Å²) in [6, 6.07) is 59.8. The molecule has 0 atom stereocenters. The second-order valence-corrected chi connectivity index (χ2v) is 15.5. The summed E-state index contributed by atoms with van der Waals surface area (Å²) in [7, 11) is 0. The lowest BCUT2D eigenvalue weighted by atomic mass is 9.82. The minimum absolute atomic E-state index is 0.128. The quantitative estimate of drug-likeness (QED) is 0.184. The summed E-state index contributed by atoms with van der Waals surface area (Å²) >= 11 is 1.91. The lowest BCUT2D eigenvalue weighted by molar-refractivity contribution is 0.660. The molecular weight excluding hydrogens is 651 g/mol. The van der Waals surface area contributed by atoms with Crippen molar-refractivity contribution >= 4 is 81.3 Å². The molecule has 1 aliphatic carbocycles. The number of para-hydroxylation sites is 1.